The predicted octanol–water partition coefficient (Wildman–Crippen LogP) is 7.97. The van der Waals surface area contributed by atoms with E-state index in [-0.39, 0.29) is 63.0 Å². The number of anilines is 1. The molecule has 3 N–H and O–H groups in total. The molecule has 2 aromatic carbocycles. The molecule has 2 fully saturated rings. The molecule has 1 aliphatic heterocycles. The first kappa shape index (κ1) is 34.1. The minimum Gasteiger partial charge on any atom is -0.551 e. The van der Waals surface area contributed by atoms with E-state index in [1.165, 1.54) is 31.7 Å². The van der Waals surface area contributed by atoms with Gasteiger partial charge in [-0.1, -0.05) is 78.9 Å². The Labute approximate surface area is 281 Å². The summed E-state index contributed by atoms with van der Waals surface area (Å²) in [5, 5.41) is 15.9. The van der Waals surface area contributed by atoms with Gasteiger partial charge in [-0.3, -0.25) is 4.79 Å². The van der Waals surface area contributed by atoms with Crippen LogP contribution in [0.2, 0.25) is 0 Å². The van der Waals surface area contributed by atoms with Gasteiger partial charge >= 0.3 is 39.9 Å². The van der Waals surface area contributed by atoms with Gasteiger partial charge in [-0.15, -0.1) is 0 Å². The van der Waals surface area contributed by atoms with E-state index in [2.05, 4.69) is 41.3 Å². The number of carbonyl (C=O) groups is 1. The van der Waals surface area contributed by atoms with Crippen molar-refractivity contribution in [3.8, 4) is 0 Å². The summed E-state index contributed by atoms with van der Waals surface area (Å²) in [4.78, 5) is 15.0. The third-order valence-corrected chi connectivity index (χ3v) is 8.48. The van der Waals surface area contributed by atoms with Crippen molar-refractivity contribution in [2.24, 2.45) is 0 Å². The number of hydrogen-bond acceptors (Lipinski definition) is 4. The number of halogens is 2. The van der Waals surface area contributed by atoms with Gasteiger partial charge in [0.25, 0.3) is 5.91 Å². The Morgan fingerprint density at radius 2 is 1.85 bits per heavy atom. The maximum absolute atomic E-state index is 14.4. The second-order valence-electron chi connectivity index (χ2n) is 11.3. The van der Waals surface area contributed by atoms with Gasteiger partial charge in [0.05, 0.1) is 5.56 Å². The van der Waals surface area contributed by atoms with E-state index in [1.54, 1.807) is 19.1 Å². The van der Waals surface area contributed by atoms with E-state index >= 15 is 0 Å². The monoisotopic (exact) mass is 797 g/mol. The van der Waals surface area contributed by atoms with E-state index in [0.717, 1.165) is 41.4 Å². The number of allylic oxidation sites excluding steroid dienone is 2. The Morgan fingerprint density at radius 3 is 2.49 bits per heavy atom. The average molecular weight is 798 g/mol. The molecule has 1 amide bonds. The van der Waals surface area contributed by atoms with Crippen molar-refractivity contribution in [3.05, 3.63) is 101 Å². The smallest absolute Gasteiger partial charge is 0.551 e. The number of aryl methyl sites for hydroxylation is 1. The van der Waals surface area contributed by atoms with Crippen LogP contribution in [0.1, 0.15) is 86.3 Å². The molecular weight excluding hydrogens is 757 g/mol. The molecule has 0 spiro atoms. The fourth-order valence-corrected chi connectivity index (χ4v) is 5.98. The Balaban J connectivity index is 0.000000301. The summed E-state index contributed by atoms with van der Waals surface area (Å²) >= 11 is 5.98. The Hall–Kier alpha value is -1.35. The van der Waals surface area contributed by atoms with Gasteiger partial charge in [0.2, 0.25) is 0 Å². The molecule has 5 rings (SSSR count). The molecule has 5 nitrogen and oxygen atoms in total. The van der Waals surface area contributed by atoms with Crippen LogP contribution in [0.4, 0.5) is 10.1 Å². The molecule has 1 saturated heterocycles. The zero-order valence-corrected chi connectivity index (χ0v) is 29.1. The maximum atomic E-state index is 14.4. The van der Waals surface area contributed by atoms with Crippen molar-refractivity contribution < 1.29 is 54.2 Å². The van der Waals surface area contributed by atoms with Gasteiger partial charge < -0.3 is 27.1 Å². The van der Waals surface area contributed by atoms with Crippen LogP contribution in [0.25, 0.3) is 0 Å². The molecule has 0 aromatic heterocycles. The average Bonchev–Trinajstić information content (AvgIpc) is 3.45. The van der Waals surface area contributed by atoms with Crippen molar-refractivity contribution in [3.63, 3.8) is 0 Å². The Kier molecular flexibility index (Phi) is 13.3. The van der Waals surface area contributed by atoms with Crippen LogP contribution in [0.5, 0.6) is 0 Å². The van der Waals surface area contributed by atoms with Crippen molar-refractivity contribution in [1.82, 2.24) is 10.2 Å². The number of nitrogens with one attached hydrogen (secondary N) is 2. The topological polar surface area (TPSA) is 64.6 Å². The SMILES string of the molecule is CC1=C(Cl)CC(C)(N[CH-]O)C=C1.Cc1cccc(F)c1C(=O)N1CCC[CH-][C@@H]1c1ccc(NC2CCCC2)cc1.[Th+2]. The number of benzene rings is 2. The quantitative estimate of drug-likeness (QED) is 0.260. The molecule has 1 unspecified atom stereocenters. The van der Waals surface area contributed by atoms with Gasteiger partial charge in [-0.2, -0.15) is 13.2 Å². The molecule has 218 valence electrons. The van der Waals surface area contributed by atoms with Gasteiger partial charge in [0.15, 0.2) is 0 Å². The molecule has 0 bridgehead atoms. The van der Waals surface area contributed by atoms with E-state index in [4.69, 9.17) is 16.7 Å². The number of carbonyl (C=O) groups excluding carboxylic acids is 1. The van der Waals surface area contributed by atoms with E-state index in [1.807, 2.05) is 30.9 Å². The van der Waals surface area contributed by atoms with Gasteiger partial charge in [-0.25, -0.2) is 4.39 Å². The number of nitrogens with zero attached hydrogens (tertiary/aromatic N) is 1. The van der Waals surface area contributed by atoms with E-state index < -0.39 is 5.82 Å². The van der Waals surface area contributed by atoms with E-state index in [0.29, 0.717) is 24.6 Å². The Bertz CT molecular complexity index is 1210. The molecule has 0 radical (unpaired) electrons. The molecule has 41 heavy (non-hydrogen) atoms. The first-order valence-electron chi connectivity index (χ1n) is 14.2. The van der Waals surface area contributed by atoms with Crippen LogP contribution in [0.15, 0.2) is 65.2 Å². The summed E-state index contributed by atoms with van der Waals surface area (Å²) in [5.41, 5.74) is 3.95. The number of hydrogen-bond donors (Lipinski definition) is 3. The standard InChI is InChI=1S/C24H28FN2O.C9H13ClNO.Th/c1-17-7-6-10-21(25)23(17)24(28)27-16-5-4-11-22(27)18-12-14-20(15-13-18)26-19-8-2-3-9-19;1-7-3-4-9(2,11-6-12)5-8(7)10;/h6-7,10-15,19,22,26H,2-5,8-9,16H2,1H3;3-4,6,11-12H,5H2,1-2H3;/q2*-1;+2/t22-;;/m1../s1. The largest absolute Gasteiger partial charge is 2.00 e. The molecule has 8 heteroatoms. The maximum Gasteiger partial charge on any atom is 2.00 e. The zero-order chi connectivity index (χ0) is 28.7. The predicted molar refractivity (Wildman–Crippen MR) is 161 cm³/mol. The van der Waals surface area contributed by atoms with Crippen molar-refractivity contribution >= 4 is 23.2 Å². The third-order valence-electron chi connectivity index (χ3n) is 8.05. The summed E-state index contributed by atoms with van der Waals surface area (Å²) < 4.78 is 14.4. The first-order valence-corrected chi connectivity index (χ1v) is 14.6. The van der Waals surface area contributed by atoms with Crippen molar-refractivity contribution in [2.45, 2.75) is 83.3 Å². The summed E-state index contributed by atoms with van der Waals surface area (Å²) in [5.74, 6) is -0.657. The number of amides is 1. The summed E-state index contributed by atoms with van der Waals surface area (Å²) in [6.07, 6.45) is 13.8. The molecule has 3 aliphatic rings. The summed E-state index contributed by atoms with van der Waals surface area (Å²) in [6, 6.07) is 13.7. The van der Waals surface area contributed by atoms with Gasteiger partial charge in [-0.05, 0) is 62.9 Å². The van der Waals surface area contributed by atoms with Crippen LogP contribution in [-0.2, 0) is 0 Å². The van der Waals surface area contributed by atoms with Crippen LogP contribution in [-0.4, -0.2) is 34.0 Å². The summed E-state index contributed by atoms with van der Waals surface area (Å²) in [7, 11) is 0. The number of piperidine rings is 1. The van der Waals surface area contributed by atoms with Crippen LogP contribution < -0.4 is 10.6 Å². The second-order valence-corrected chi connectivity index (χ2v) is 11.7. The third kappa shape index (κ3) is 9.07. The summed E-state index contributed by atoms with van der Waals surface area (Å²) in [6.45, 7) is 7.35. The van der Waals surface area contributed by atoms with Gasteiger partial charge in [0.1, 0.15) is 5.82 Å². The van der Waals surface area contributed by atoms with Crippen LogP contribution in [0.3, 0.4) is 0 Å². The van der Waals surface area contributed by atoms with Crippen molar-refractivity contribution in [2.75, 3.05) is 11.9 Å². The number of rotatable bonds is 6. The number of likely N-dealkylation sites (tertiary alicyclic amines) is 1. The fourth-order valence-electron chi connectivity index (χ4n) is 5.64. The molecule has 1 saturated carbocycles. The Morgan fingerprint density at radius 1 is 1.15 bits per heavy atom. The number of aliphatic hydroxyl groups is 1. The molecular formula is C33H41ClFN3O2Th. The van der Waals surface area contributed by atoms with Crippen LogP contribution >= 0.6 is 11.6 Å². The normalized spacial score (nSPS) is 22.6. The van der Waals surface area contributed by atoms with Gasteiger partial charge in [0, 0.05) is 35.3 Å². The molecule has 2 aromatic rings. The van der Waals surface area contributed by atoms with Crippen molar-refractivity contribution in [1.29, 1.82) is 0 Å². The minimum atomic E-state index is -0.439. The minimum absolute atomic E-state index is 0. The number of aliphatic hydroxyl groups excluding tert-OH is 1. The first-order chi connectivity index (χ1) is 19.2. The van der Waals surface area contributed by atoms with E-state index in [9.17, 15) is 9.18 Å². The molecule has 2 atom stereocenters. The second kappa shape index (κ2) is 15.9. The van der Waals surface area contributed by atoms with Crippen LogP contribution in [0, 0.1) is 65.8 Å². The fraction of sp³-hybridized carbons (Fsp3) is 0.424. The molecule has 2 aliphatic carbocycles. The zero-order valence-electron chi connectivity index (χ0n) is 24.2. The molecule has 1 heterocycles.